The van der Waals surface area contributed by atoms with Gasteiger partial charge in [-0.15, -0.1) is 0 Å². The van der Waals surface area contributed by atoms with Gasteiger partial charge in [-0.05, 0) is 27.2 Å². The van der Waals surface area contributed by atoms with Crippen LogP contribution in [0, 0.1) is 5.92 Å². The Balaban J connectivity index is 2.35. The highest BCUT2D eigenvalue weighted by Gasteiger charge is 2.35. The smallest absolute Gasteiger partial charge is 0.0903 e. The molecule has 1 fully saturated rings. The maximum absolute atomic E-state index is 10.1. The van der Waals surface area contributed by atoms with Gasteiger partial charge in [0.2, 0.25) is 0 Å². The Morgan fingerprint density at radius 2 is 2.31 bits per heavy atom. The fourth-order valence-electron chi connectivity index (χ4n) is 1.48. The normalized spacial score (nSPS) is 27.9. The molecule has 13 heavy (non-hydrogen) atoms. The zero-order valence-electron chi connectivity index (χ0n) is 8.75. The van der Waals surface area contributed by atoms with Crippen LogP contribution in [0.5, 0.6) is 0 Å². The van der Waals surface area contributed by atoms with Gasteiger partial charge in [-0.3, -0.25) is 0 Å². The summed E-state index contributed by atoms with van der Waals surface area (Å²) in [5, 5.41) is 10.1. The van der Waals surface area contributed by atoms with E-state index in [9.17, 15) is 5.11 Å². The summed E-state index contributed by atoms with van der Waals surface area (Å²) in [5.41, 5.74) is -0.735. The molecule has 1 N–H and O–H groups in total. The molecule has 3 heteroatoms. The lowest BCUT2D eigenvalue weighted by Crippen LogP contribution is -2.40. The number of hydrogen-bond donors (Lipinski definition) is 1. The van der Waals surface area contributed by atoms with Crippen LogP contribution in [0.2, 0.25) is 0 Å². The van der Waals surface area contributed by atoms with E-state index in [1.54, 1.807) is 0 Å². The molecule has 1 heterocycles. The summed E-state index contributed by atoms with van der Waals surface area (Å²) in [4.78, 5) is 0. The molecule has 1 aliphatic rings. The van der Waals surface area contributed by atoms with Crippen molar-refractivity contribution in [2.45, 2.75) is 38.9 Å². The van der Waals surface area contributed by atoms with Crippen molar-refractivity contribution in [3.05, 3.63) is 0 Å². The second-order valence-corrected chi connectivity index (χ2v) is 4.28. The highest BCUT2D eigenvalue weighted by Crippen LogP contribution is 2.26. The molecule has 1 aliphatic heterocycles. The third-order valence-electron chi connectivity index (χ3n) is 2.52. The van der Waals surface area contributed by atoms with Gasteiger partial charge in [0.15, 0.2) is 0 Å². The second-order valence-electron chi connectivity index (χ2n) is 4.28. The molecule has 0 aromatic heterocycles. The van der Waals surface area contributed by atoms with Gasteiger partial charge in [0.25, 0.3) is 0 Å². The Kier molecular flexibility index (Phi) is 3.71. The van der Waals surface area contributed by atoms with E-state index in [1.165, 1.54) is 0 Å². The Morgan fingerprint density at radius 3 is 2.77 bits per heavy atom. The van der Waals surface area contributed by atoms with Crippen molar-refractivity contribution in [2.24, 2.45) is 5.92 Å². The SMILES string of the molecule is CC(C)OCC(C)(O)C1CCOC1. The van der Waals surface area contributed by atoms with E-state index in [0.29, 0.717) is 13.2 Å². The van der Waals surface area contributed by atoms with Crippen molar-refractivity contribution < 1.29 is 14.6 Å². The van der Waals surface area contributed by atoms with E-state index in [4.69, 9.17) is 9.47 Å². The number of hydrogen-bond acceptors (Lipinski definition) is 3. The number of rotatable bonds is 4. The van der Waals surface area contributed by atoms with Gasteiger partial charge in [0.05, 0.1) is 24.9 Å². The summed E-state index contributed by atoms with van der Waals surface area (Å²) in [6.45, 7) is 7.60. The van der Waals surface area contributed by atoms with Crippen LogP contribution in [0.1, 0.15) is 27.2 Å². The average molecular weight is 188 g/mol. The third-order valence-corrected chi connectivity index (χ3v) is 2.52. The molecule has 2 atom stereocenters. The van der Waals surface area contributed by atoms with Gasteiger partial charge in [0.1, 0.15) is 0 Å². The molecule has 0 aliphatic carbocycles. The second kappa shape index (κ2) is 4.40. The van der Waals surface area contributed by atoms with Crippen molar-refractivity contribution >= 4 is 0 Å². The first kappa shape index (κ1) is 11.0. The van der Waals surface area contributed by atoms with E-state index in [1.807, 2.05) is 20.8 Å². The monoisotopic (exact) mass is 188 g/mol. The van der Waals surface area contributed by atoms with E-state index in [2.05, 4.69) is 0 Å². The predicted molar refractivity (Wildman–Crippen MR) is 50.6 cm³/mol. The van der Waals surface area contributed by atoms with E-state index >= 15 is 0 Å². The summed E-state index contributed by atoms with van der Waals surface area (Å²) in [6, 6.07) is 0. The summed E-state index contributed by atoms with van der Waals surface area (Å²) >= 11 is 0. The fourth-order valence-corrected chi connectivity index (χ4v) is 1.48. The van der Waals surface area contributed by atoms with Crippen molar-refractivity contribution in [1.29, 1.82) is 0 Å². The van der Waals surface area contributed by atoms with Gasteiger partial charge in [-0.1, -0.05) is 0 Å². The Labute approximate surface area is 80.0 Å². The molecule has 1 rings (SSSR count). The molecule has 0 saturated carbocycles. The molecule has 1 saturated heterocycles. The van der Waals surface area contributed by atoms with Crippen molar-refractivity contribution in [3.63, 3.8) is 0 Å². The lowest BCUT2D eigenvalue weighted by molar-refractivity contribution is -0.0873. The van der Waals surface area contributed by atoms with E-state index in [-0.39, 0.29) is 12.0 Å². The molecule has 0 aromatic rings. The average Bonchev–Trinajstić information content (AvgIpc) is 2.53. The summed E-state index contributed by atoms with van der Waals surface area (Å²) in [7, 11) is 0. The molecule has 0 radical (unpaired) electrons. The van der Waals surface area contributed by atoms with Gasteiger partial charge in [-0.2, -0.15) is 0 Å². The van der Waals surface area contributed by atoms with Crippen molar-refractivity contribution in [3.8, 4) is 0 Å². The van der Waals surface area contributed by atoms with Crippen LogP contribution in [0.3, 0.4) is 0 Å². The summed E-state index contributed by atoms with van der Waals surface area (Å²) in [5.74, 6) is 0.228. The topological polar surface area (TPSA) is 38.7 Å². The van der Waals surface area contributed by atoms with Crippen LogP contribution >= 0.6 is 0 Å². The zero-order chi connectivity index (χ0) is 9.90. The lowest BCUT2D eigenvalue weighted by Gasteiger charge is -2.29. The summed E-state index contributed by atoms with van der Waals surface area (Å²) < 4.78 is 10.6. The maximum atomic E-state index is 10.1. The van der Waals surface area contributed by atoms with Crippen LogP contribution in [-0.4, -0.2) is 36.6 Å². The van der Waals surface area contributed by atoms with E-state index < -0.39 is 5.60 Å². The standard InChI is InChI=1S/C10H20O3/c1-8(2)13-7-10(3,11)9-4-5-12-6-9/h8-9,11H,4-7H2,1-3H3. The minimum Gasteiger partial charge on any atom is -0.387 e. The minimum atomic E-state index is -0.735. The first-order chi connectivity index (χ1) is 6.02. The Morgan fingerprint density at radius 1 is 1.62 bits per heavy atom. The van der Waals surface area contributed by atoms with E-state index in [0.717, 1.165) is 13.0 Å². The first-order valence-electron chi connectivity index (χ1n) is 4.94. The molecule has 2 unspecified atom stereocenters. The highest BCUT2D eigenvalue weighted by atomic mass is 16.5. The van der Waals surface area contributed by atoms with Crippen LogP contribution in [0.25, 0.3) is 0 Å². The Hall–Kier alpha value is -0.120. The third kappa shape index (κ3) is 3.25. The molecular formula is C10H20O3. The Bertz CT molecular complexity index is 148. The van der Waals surface area contributed by atoms with Crippen molar-refractivity contribution in [2.75, 3.05) is 19.8 Å². The summed E-state index contributed by atoms with van der Waals surface area (Å²) in [6.07, 6.45) is 1.11. The molecule has 78 valence electrons. The highest BCUT2D eigenvalue weighted by molar-refractivity contribution is 4.84. The predicted octanol–water partition coefficient (Wildman–Crippen LogP) is 1.20. The van der Waals surface area contributed by atoms with Gasteiger partial charge in [-0.25, -0.2) is 0 Å². The molecule has 0 bridgehead atoms. The van der Waals surface area contributed by atoms with Crippen LogP contribution in [0.4, 0.5) is 0 Å². The zero-order valence-corrected chi connectivity index (χ0v) is 8.75. The van der Waals surface area contributed by atoms with Gasteiger partial charge < -0.3 is 14.6 Å². The fraction of sp³-hybridized carbons (Fsp3) is 1.00. The van der Waals surface area contributed by atoms with Crippen LogP contribution in [-0.2, 0) is 9.47 Å². The van der Waals surface area contributed by atoms with Crippen molar-refractivity contribution in [1.82, 2.24) is 0 Å². The largest absolute Gasteiger partial charge is 0.387 e. The number of aliphatic hydroxyl groups is 1. The van der Waals surface area contributed by atoms with Gasteiger partial charge >= 0.3 is 0 Å². The first-order valence-corrected chi connectivity index (χ1v) is 4.94. The molecule has 0 amide bonds. The number of ether oxygens (including phenoxy) is 2. The quantitative estimate of drug-likeness (QED) is 0.720. The van der Waals surface area contributed by atoms with Gasteiger partial charge in [0, 0.05) is 12.5 Å². The lowest BCUT2D eigenvalue weighted by atomic mass is 9.89. The molecule has 3 nitrogen and oxygen atoms in total. The van der Waals surface area contributed by atoms with Crippen LogP contribution in [0.15, 0.2) is 0 Å². The minimum absolute atomic E-state index is 0.175. The molecule has 0 aromatic carbocycles. The van der Waals surface area contributed by atoms with Crippen LogP contribution < -0.4 is 0 Å². The molecular weight excluding hydrogens is 168 g/mol. The maximum Gasteiger partial charge on any atom is 0.0903 e. The molecule has 0 spiro atoms.